The van der Waals surface area contributed by atoms with E-state index >= 15 is 0 Å². The van der Waals surface area contributed by atoms with Gasteiger partial charge in [0.2, 0.25) is 5.89 Å². The summed E-state index contributed by atoms with van der Waals surface area (Å²) < 4.78 is 5.21. The van der Waals surface area contributed by atoms with Crippen molar-refractivity contribution in [1.82, 2.24) is 10.1 Å². The average molecular weight is 246 g/mol. The SMILES string of the molecule is CC(C)C(N)c1nc(C2CCCC2)no1.Cl. The molecular weight excluding hydrogens is 226 g/mol. The third-order valence-electron chi connectivity index (χ3n) is 3.18. The van der Waals surface area contributed by atoms with E-state index in [1.165, 1.54) is 25.7 Å². The lowest BCUT2D eigenvalue weighted by Crippen LogP contribution is -2.17. The van der Waals surface area contributed by atoms with Crippen LogP contribution in [0.4, 0.5) is 0 Å². The second kappa shape index (κ2) is 5.64. The third-order valence-corrected chi connectivity index (χ3v) is 3.18. The fourth-order valence-corrected chi connectivity index (χ4v) is 2.02. The molecule has 1 saturated carbocycles. The van der Waals surface area contributed by atoms with Crippen LogP contribution in [0.15, 0.2) is 4.52 Å². The Hall–Kier alpha value is -0.610. The van der Waals surface area contributed by atoms with Crippen molar-refractivity contribution in [2.45, 2.75) is 51.5 Å². The Morgan fingerprint density at radius 1 is 1.31 bits per heavy atom. The fraction of sp³-hybridized carbons (Fsp3) is 0.818. The molecule has 0 saturated heterocycles. The monoisotopic (exact) mass is 245 g/mol. The summed E-state index contributed by atoms with van der Waals surface area (Å²) in [5.74, 6) is 2.29. The number of nitrogens with zero attached hydrogens (tertiary/aromatic N) is 2. The molecule has 1 atom stereocenters. The van der Waals surface area contributed by atoms with Gasteiger partial charge in [-0.3, -0.25) is 0 Å². The van der Waals surface area contributed by atoms with Gasteiger partial charge in [0.25, 0.3) is 0 Å². The highest BCUT2D eigenvalue weighted by Gasteiger charge is 2.24. The van der Waals surface area contributed by atoms with E-state index in [1.54, 1.807) is 0 Å². The maximum Gasteiger partial charge on any atom is 0.243 e. The van der Waals surface area contributed by atoms with Crippen molar-refractivity contribution in [3.8, 4) is 0 Å². The van der Waals surface area contributed by atoms with Crippen molar-refractivity contribution in [2.24, 2.45) is 11.7 Å². The minimum absolute atomic E-state index is 0. The maximum atomic E-state index is 5.95. The molecule has 0 amide bonds. The van der Waals surface area contributed by atoms with Crippen molar-refractivity contribution in [3.63, 3.8) is 0 Å². The predicted molar refractivity (Wildman–Crippen MR) is 64.5 cm³/mol. The first kappa shape index (κ1) is 13.5. The molecule has 1 unspecified atom stereocenters. The van der Waals surface area contributed by atoms with Crippen LogP contribution < -0.4 is 5.73 Å². The zero-order chi connectivity index (χ0) is 10.8. The van der Waals surface area contributed by atoms with E-state index in [1.807, 2.05) is 0 Å². The molecule has 0 bridgehead atoms. The van der Waals surface area contributed by atoms with Gasteiger partial charge in [-0.15, -0.1) is 12.4 Å². The Balaban J connectivity index is 0.00000128. The van der Waals surface area contributed by atoms with Crippen LogP contribution in [0.2, 0.25) is 0 Å². The second-order valence-electron chi connectivity index (χ2n) is 4.74. The van der Waals surface area contributed by atoms with E-state index in [0.717, 1.165) is 5.82 Å². The van der Waals surface area contributed by atoms with E-state index in [2.05, 4.69) is 24.0 Å². The van der Waals surface area contributed by atoms with E-state index in [4.69, 9.17) is 10.3 Å². The van der Waals surface area contributed by atoms with E-state index in [9.17, 15) is 0 Å². The standard InChI is InChI=1S/C11H19N3O.ClH/c1-7(2)9(12)11-13-10(14-15-11)8-5-3-4-6-8;/h7-9H,3-6,12H2,1-2H3;1H. The highest BCUT2D eigenvalue weighted by Crippen LogP contribution is 2.32. The summed E-state index contributed by atoms with van der Waals surface area (Å²) in [5, 5.41) is 4.04. The minimum Gasteiger partial charge on any atom is -0.338 e. The summed E-state index contributed by atoms with van der Waals surface area (Å²) in [4.78, 5) is 4.41. The smallest absolute Gasteiger partial charge is 0.243 e. The van der Waals surface area contributed by atoms with Gasteiger partial charge in [0.15, 0.2) is 5.82 Å². The molecule has 92 valence electrons. The largest absolute Gasteiger partial charge is 0.338 e. The molecule has 2 rings (SSSR count). The first-order chi connectivity index (χ1) is 7.18. The van der Waals surface area contributed by atoms with E-state index in [-0.39, 0.29) is 18.4 Å². The first-order valence-electron chi connectivity index (χ1n) is 5.77. The lowest BCUT2D eigenvalue weighted by Gasteiger charge is -2.09. The molecule has 0 aliphatic heterocycles. The molecule has 4 nitrogen and oxygen atoms in total. The number of rotatable bonds is 3. The van der Waals surface area contributed by atoms with Crippen molar-refractivity contribution in [2.75, 3.05) is 0 Å². The highest BCUT2D eigenvalue weighted by molar-refractivity contribution is 5.85. The highest BCUT2D eigenvalue weighted by atomic mass is 35.5. The Morgan fingerprint density at radius 2 is 1.94 bits per heavy atom. The van der Waals surface area contributed by atoms with Crippen LogP contribution in [0.3, 0.4) is 0 Å². The summed E-state index contributed by atoms with van der Waals surface area (Å²) in [7, 11) is 0. The lowest BCUT2D eigenvalue weighted by atomic mass is 10.1. The summed E-state index contributed by atoms with van der Waals surface area (Å²) in [6.45, 7) is 4.12. The fourth-order valence-electron chi connectivity index (χ4n) is 2.02. The minimum atomic E-state index is -0.132. The molecule has 1 aromatic heterocycles. The second-order valence-corrected chi connectivity index (χ2v) is 4.74. The normalized spacial score (nSPS) is 18.8. The zero-order valence-corrected chi connectivity index (χ0v) is 10.7. The van der Waals surface area contributed by atoms with Crippen LogP contribution in [0.25, 0.3) is 0 Å². The molecule has 1 heterocycles. The molecule has 0 aromatic carbocycles. The van der Waals surface area contributed by atoms with Gasteiger partial charge in [0.1, 0.15) is 0 Å². The van der Waals surface area contributed by atoms with Gasteiger partial charge in [-0.1, -0.05) is 31.8 Å². The maximum absolute atomic E-state index is 5.95. The average Bonchev–Trinajstić information content (AvgIpc) is 2.86. The molecule has 2 N–H and O–H groups in total. The molecule has 16 heavy (non-hydrogen) atoms. The van der Waals surface area contributed by atoms with Crippen LogP contribution in [0.1, 0.15) is 63.2 Å². The Labute approximate surface area is 102 Å². The van der Waals surface area contributed by atoms with Crippen LogP contribution in [-0.2, 0) is 0 Å². The van der Waals surface area contributed by atoms with Crippen molar-refractivity contribution >= 4 is 12.4 Å². The molecular formula is C11H20ClN3O. The molecule has 0 spiro atoms. The molecule has 1 aliphatic carbocycles. The molecule has 1 fully saturated rings. The third kappa shape index (κ3) is 2.74. The van der Waals surface area contributed by atoms with Crippen LogP contribution in [-0.4, -0.2) is 10.1 Å². The topological polar surface area (TPSA) is 64.9 Å². The van der Waals surface area contributed by atoms with Gasteiger partial charge in [0.05, 0.1) is 6.04 Å². The molecule has 1 aromatic rings. The van der Waals surface area contributed by atoms with Gasteiger partial charge in [-0.25, -0.2) is 0 Å². The van der Waals surface area contributed by atoms with Gasteiger partial charge in [-0.2, -0.15) is 4.98 Å². The van der Waals surface area contributed by atoms with Crippen LogP contribution in [0.5, 0.6) is 0 Å². The Bertz CT molecular complexity index is 304. The van der Waals surface area contributed by atoms with E-state index < -0.39 is 0 Å². The van der Waals surface area contributed by atoms with Gasteiger partial charge < -0.3 is 10.3 Å². The number of hydrogen-bond acceptors (Lipinski definition) is 4. The van der Waals surface area contributed by atoms with Crippen LogP contribution >= 0.6 is 12.4 Å². The van der Waals surface area contributed by atoms with Gasteiger partial charge in [0, 0.05) is 5.92 Å². The van der Waals surface area contributed by atoms with Gasteiger partial charge >= 0.3 is 0 Å². The van der Waals surface area contributed by atoms with Crippen molar-refractivity contribution in [1.29, 1.82) is 0 Å². The number of nitrogens with two attached hydrogens (primary N) is 1. The van der Waals surface area contributed by atoms with Gasteiger partial charge in [-0.05, 0) is 18.8 Å². The lowest BCUT2D eigenvalue weighted by molar-refractivity contribution is 0.321. The summed E-state index contributed by atoms with van der Waals surface area (Å²) in [6, 6.07) is -0.132. The van der Waals surface area contributed by atoms with Crippen LogP contribution in [0, 0.1) is 5.92 Å². The molecule has 0 radical (unpaired) electrons. The molecule has 5 heteroatoms. The summed E-state index contributed by atoms with van der Waals surface area (Å²) >= 11 is 0. The van der Waals surface area contributed by atoms with Crippen molar-refractivity contribution < 1.29 is 4.52 Å². The number of aromatic nitrogens is 2. The quantitative estimate of drug-likeness (QED) is 0.889. The number of halogens is 1. The van der Waals surface area contributed by atoms with Crippen molar-refractivity contribution in [3.05, 3.63) is 11.7 Å². The summed E-state index contributed by atoms with van der Waals surface area (Å²) in [6.07, 6.45) is 4.95. The Kier molecular flexibility index (Phi) is 4.74. The van der Waals surface area contributed by atoms with E-state index in [0.29, 0.717) is 17.7 Å². The zero-order valence-electron chi connectivity index (χ0n) is 9.85. The summed E-state index contributed by atoms with van der Waals surface area (Å²) in [5.41, 5.74) is 5.95. The molecule has 1 aliphatic rings. The number of hydrogen-bond donors (Lipinski definition) is 1. The predicted octanol–water partition coefficient (Wildman–Crippen LogP) is 2.80. The first-order valence-corrected chi connectivity index (χ1v) is 5.77. The Morgan fingerprint density at radius 3 is 2.50 bits per heavy atom.